The van der Waals surface area contributed by atoms with Crippen molar-refractivity contribution in [1.29, 1.82) is 0 Å². The molecule has 37 heavy (non-hydrogen) atoms. The standard InChI is InChI=1S/C33H36O2P2/c1-23-11-7-15-27(19-23)36(28-16-8-12-24(2)20-28)31-32(35-33(5,6)34-31)37(29-17-9-13-25(3)21-29)30-18-10-14-26(4)22-30/h7-22,31-32H,1-6H3/t31-,32-/m1/s1. The lowest BCUT2D eigenvalue weighted by atomic mass is 10.2. The molecule has 4 aromatic carbocycles. The molecule has 1 aliphatic rings. The van der Waals surface area contributed by atoms with E-state index in [0.717, 1.165) is 0 Å². The van der Waals surface area contributed by atoms with Gasteiger partial charge in [0.2, 0.25) is 0 Å². The molecule has 4 aromatic rings. The number of aryl methyl sites for hydroxylation is 4. The number of benzene rings is 4. The molecule has 0 N–H and O–H groups in total. The molecule has 1 fully saturated rings. The first-order valence-electron chi connectivity index (χ1n) is 12.9. The summed E-state index contributed by atoms with van der Waals surface area (Å²) in [6, 6.07) is 35.8. The van der Waals surface area contributed by atoms with Gasteiger partial charge in [0.15, 0.2) is 5.79 Å². The van der Waals surface area contributed by atoms with Crippen molar-refractivity contribution in [1.82, 2.24) is 0 Å². The summed E-state index contributed by atoms with van der Waals surface area (Å²) in [4.78, 5) is 0. The molecule has 1 aliphatic heterocycles. The Balaban J connectivity index is 1.71. The summed E-state index contributed by atoms with van der Waals surface area (Å²) >= 11 is 0. The summed E-state index contributed by atoms with van der Waals surface area (Å²) in [7, 11) is -1.68. The molecule has 1 heterocycles. The van der Waals surface area contributed by atoms with E-state index in [4.69, 9.17) is 9.47 Å². The normalized spacial score (nSPS) is 19.0. The summed E-state index contributed by atoms with van der Waals surface area (Å²) in [6.45, 7) is 12.8. The van der Waals surface area contributed by atoms with Crippen molar-refractivity contribution in [2.45, 2.75) is 59.0 Å². The number of hydrogen-bond donors (Lipinski definition) is 0. The van der Waals surface area contributed by atoms with Gasteiger partial charge in [0.25, 0.3) is 0 Å². The molecule has 4 heteroatoms. The van der Waals surface area contributed by atoms with Crippen LogP contribution in [0.2, 0.25) is 0 Å². The fourth-order valence-electron chi connectivity index (χ4n) is 5.08. The van der Waals surface area contributed by atoms with Crippen molar-refractivity contribution in [3.05, 3.63) is 119 Å². The Kier molecular flexibility index (Phi) is 7.67. The maximum Gasteiger partial charge on any atom is 0.164 e. The fourth-order valence-corrected chi connectivity index (χ4v) is 11.4. The van der Waals surface area contributed by atoms with Crippen LogP contribution in [0.5, 0.6) is 0 Å². The van der Waals surface area contributed by atoms with Crippen LogP contribution in [-0.2, 0) is 9.47 Å². The Hall–Kier alpha value is -2.34. The van der Waals surface area contributed by atoms with Gasteiger partial charge in [0.05, 0.1) is 0 Å². The lowest BCUT2D eigenvalue weighted by Crippen LogP contribution is -2.33. The van der Waals surface area contributed by atoms with E-state index in [9.17, 15) is 0 Å². The second-order valence-corrected chi connectivity index (χ2v) is 15.1. The van der Waals surface area contributed by atoms with Gasteiger partial charge in [-0.1, -0.05) is 119 Å². The van der Waals surface area contributed by atoms with Gasteiger partial charge in [-0.25, -0.2) is 0 Å². The molecule has 0 amide bonds. The molecule has 190 valence electrons. The predicted octanol–water partition coefficient (Wildman–Crippen LogP) is 6.92. The van der Waals surface area contributed by atoms with E-state index in [-0.39, 0.29) is 11.7 Å². The monoisotopic (exact) mass is 526 g/mol. The Labute approximate surface area is 224 Å². The van der Waals surface area contributed by atoms with E-state index >= 15 is 0 Å². The second kappa shape index (κ2) is 10.8. The van der Waals surface area contributed by atoms with E-state index in [1.165, 1.54) is 43.5 Å². The van der Waals surface area contributed by atoms with Crippen LogP contribution in [-0.4, -0.2) is 17.5 Å². The molecule has 2 nitrogen and oxygen atoms in total. The molecule has 0 aliphatic carbocycles. The lowest BCUT2D eigenvalue weighted by molar-refractivity contribution is -0.133. The van der Waals surface area contributed by atoms with Crippen LogP contribution in [0, 0.1) is 27.7 Å². The summed E-state index contributed by atoms with van der Waals surface area (Å²) in [5, 5.41) is 5.33. The Morgan fingerprint density at radius 1 is 0.486 bits per heavy atom. The van der Waals surface area contributed by atoms with E-state index in [0.29, 0.717) is 0 Å². The Morgan fingerprint density at radius 2 is 0.757 bits per heavy atom. The van der Waals surface area contributed by atoms with Crippen molar-refractivity contribution in [2.75, 3.05) is 0 Å². The van der Waals surface area contributed by atoms with Crippen LogP contribution < -0.4 is 21.2 Å². The van der Waals surface area contributed by atoms with E-state index in [1.807, 2.05) is 0 Å². The van der Waals surface area contributed by atoms with Gasteiger partial charge < -0.3 is 9.47 Å². The summed E-state index contributed by atoms with van der Waals surface area (Å²) in [5.41, 5.74) is 5.08. The molecule has 0 radical (unpaired) electrons. The van der Waals surface area contributed by atoms with E-state index in [1.54, 1.807) is 0 Å². The highest BCUT2D eigenvalue weighted by molar-refractivity contribution is 7.77. The van der Waals surface area contributed by atoms with Gasteiger partial charge in [-0.05, 0) is 78.6 Å². The quantitative estimate of drug-likeness (QED) is 0.254. The lowest BCUT2D eigenvalue weighted by Gasteiger charge is -2.33. The van der Waals surface area contributed by atoms with Gasteiger partial charge in [-0.2, -0.15) is 0 Å². The highest BCUT2D eigenvalue weighted by Gasteiger charge is 2.50. The van der Waals surface area contributed by atoms with Crippen LogP contribution in [0.4, 0.5) is 0 Å². The van der Waals surface area contributed by atoms with Crippen molar-refractivity contribution < 1.29 is 9.47 Å². The van der Waals surface area contributed by atoms with Crippen molar-refractivity contribution in [3.8, 4) is 0 Å². The number of hydrogen-bond acceptors (Lipinski definition) is 2. The van der Waals surface area contributed by atoms with Crippen LogP contribution in [0.3, 0.4) is 0 Å². The molecule has 0 bridgehead atoms. The molecular formula is C33H36O2P2. The predicted molar refractivity (Wildman–Crippen MR) is 161 cm³/mol. The minimum absolute atomic E-state index is 0.0827. The zero-order chi connectivity index (χ0) is 26.2. The van der Waals surface area contributed by atoms with E-state index < -0.39 is 21.6 Å². The summed E-state index contributed by atoms with van der Waals surface area (Å²) < 4.78 is 13.8. The molecular weight excluding hydrogens is 490 g/mol. The largest absolute Gasteiger partial charge is 0.339 e. The highest BCUT2D eigenvalue weighted by Crippen LogP contribution is 2.57. The Bertz CT molecular complexity index is 1200. The molecule has 1 saturated heterocycles. The molecule has 0 spiro atoms. The van der Waals surface area contributed by atoms with Crippen molar-refractivity contribution >= 4 is 37.1 Å². The first-order chi connectivity index (χ1) is 17.7. The number of rotatable bonds is 6. The van der Waals surface area contributed by atoms with Crippen molar-refractivity contribution in [2.24, 2.45) is 0 Å². The van der Waals surface area contributed by atoms with Gasteiger partial charge in [-0.3, -0.25) is 0 Å². The maximum atomic E-state index is 6.92. The number of ether oxygens (including phenoxy) is 2. The minimum atomic E-state index is -0.842. The average molecular weight is 527 g/mol. The average Bonchev–Trinajstić information content (AvgIpc) is 3.14. The first-order valence-corrected chi connectivity index (χ1v) is 15.7. The van der Waals surface area contributed by atoms with E-state index in [2.05, 4.69) is 139 Å². The van der Waals surface area contributed by atoms with Crippen molar-refractivity contribution in [3.63, 3.8) is 0 Å². The second-order valence-electron chi connectivity index (χ2n) is 10.5. The maximum absolute atomic E-state index is 6.92. The fraction of sp³-hybridized carbons (Fsp3) is 0.273. The van der Waals surface area contributed by atoms with Crippen LogP contribution in [0.25, 0.3) is 0 Å². The third kappa shape index (κ3) is 5.89. The summed E-state index contributed by atoms with van der Waals surface area (Å²) in [6.07, 6.45) is 0. The third-order valence-corrected chi connectivity index (χ3v) is 12.0. The Morgan fingerprint density at radius 3 is 1.00 bits per heavy atom. The molecule has 2 atom stereocenters. The van der Waals surface area contributed by atoms with Gasteiger partial charge in [-0.15, -0.1) is 0 Å². The molecule has 0 unspecified atom stereocenters. The third-order valence-electron chi connectivity index (χ3n) is 6.68. The molecule has 0 saturated carbocycles. The van der Waals surface area contributed by atoms with Crippen LogP contribution >= 0.6 is 15.8 Å². The summed E-state index contributed by atoms with van der Waals surface area (Å²) in [5.74, 6) is -0.834. The zero-order valence-corrected chi connectivity index (χ0v) is 24.4. The van der Waals surface area contributed by atoms with Gasteiger partial charge >= 0.3 is 0 Å². The van der Waals surface area contributed by atoms with Gasteiger partial charge in [0, 0.05) is 0 Å². The SMILES string of the molecule is Cc1cccc(P(c2cccc(C)c2)[C@H]2OC(C)(C)O[C@@H]2P(c2cccc(C)c2)c2cccc(C)c2)c1. The topological polar surface area (TPSA) is 18.5 Å². The minimum Gasteiger partial charge on any atom is -0.339 e. The molecule has 5 rings (SSSR count). The highest BCUT2D eigenvalue weighted by atomic mass is 31.1. The molecule has 0 aromatic heterocycles. The smallest absolute Gasteiger partial charge is 0.164 e. The van der Waals surface area contributed by atoms with Crippen LogP contribution in [0.1, 0.15) is 36.1 Å². The van der Waals surface area contributed by atoms with Gasteiger partial charge in [0.1, 0.15) is 11.7 Å². The first kappa shape index (κ1) is 26.3. The van der Waals surface area contributed by atoms with Crippen LogP contribution in [0.15, 0.2) is 97.1 Å². The zero-order valence-electron chi connectivity index (χ0n) is 22.6.